The molecule has 2 aromatic carbocycles. The Balaban J connectivity index is 1.63. The smallest absolute Gasteiger partial charge is 0.247 e. The monoisotopic (exact) mass is 630 g/mol. The summed E-state index contributed by atoms with van der Waals surface area (Å²) in [5.41, 5.74) is 3.58. The van der Waals surface area contributed by atoms with E-state index in [-0.39, 0.29) is 17.3 Å². The van der Waals surface area contributed by atoms with Crippen molar-refractivity contribution in [3.05, 3.63) is 66.3 Å². The van der Waals surface area contributed by atoms with E-state index in [1.807, 2.05) is 6.07 Å². The highest BCUT2D eigenvalue weighted by Crippen LogP contribution is 2.44. The maximum Gasteiger partial charge on any atom is 0.247 e. The number of carbonyl (C=O) groups is 1. The molecule has 38 heavy (non-hydrogen) atoms. The molecule has 200 valence electrons. The van der Waals surface area contributed by atoms with Crippen LogP contribution in [-0.4, -0.2) is 72.1 Å². The van der Waals surface area contributed by atoms with Crippen LogP contribution in [0.15, 0.2) is 49.3 Å². The van der Waals surface area contributed by atoms with Gasteiger partial charge in [0.25, 0.3) is 0 Å². The zero-order chi connectivity index (χ0) is 26.7. The van der Waals surface area contributed by atoms with Gasteiger partial charge in [0, 0.05) is 60.6 Å². The molecule has 1 amide bonds. The first-order chi connectivity index (χ1) is 18.4. The second kappa shape index (κ2) is 11.6. The molecule has 2 aliphatic rings. The fourth-order valence-corrected chi connectivity index (χ4v) is 6.05. The lowest BCUT2D eigenvalue weighted by molar-refractivity contribution is -0.111. The summed E-state index contributed by atoms with van der Waals surface area (Å²) < 4.78 is 20.4. The number of hydrogen-bond donors (Lipinski definition) is 2. The van der Waals surface area contributed by atoms with E-state index in [0.717, 1.165) is 61.2 Å². The van der Waals surface area contributed by atoms with E-state index in [4.69, 9.17) is 4.74 Å². The van der Waals surface area contributed by atoms with Crippen LogP contribution in [0.2, 0.25) is 0 Å². The highest BCUT2D eigenvalue weighted by molar-refractivity contribution is 14.1. The molecule has 0 radical (unpaired) electrons. The van der Waals surface area contributed by atoms with Crippen LogP contribution in [0.3, 0.4) is 0 Å². The Hall–Kier alpha value is -2.67. The lowest BCUT2D eigenvalue weighted by Gasteiger charge is -2.50. The van der Waals surface area contributed by atoms with Crippen LogP contribution in [0.5, 0.6) is 0 Å². The minimum Gasteiger partial charge on any atom is -0.381 e. The van der Waals surface area contributed by atoms with Crippen molar-refractivity contribution in [3.8, 4) is 0 Å². The van der Waals surface area contributed by atoms with E-state index in [2.05, 4.69) is 72.7 Å². The fraction of sp³-hybridized carbons (Fsp3) is 0.393. The molecule has 2 saturated heterocycles. The average molecular weight is 631 g/mol. The first-order valence-corrected chi connectivity index (χ1v) is 14.3. The average Bonchev–Trinajstić information content (AvgIpc) is 2.94. The summed E-state index contributed by atoms with van der Waals surface area (Å²) >= 11 is 2.15. The van der Waals surface area contributed by atoms with E-state index in [1.54, 1.807) is 12.1 Å². The highest BCUT2D eigenvalue weighted by atomic mass is 127. The van der Waals surface area contributed by atoms with Crippen LogP contribution in [0.25, 0.3) is 10.9 Å². The van der Waals surface area contributed by atoms with Crippen molar-refractivity contribution in [1.29, 1.82) is 0 Å². The van der Waals surface area contributed by atoms with Crippen LogP contribution in [0, 0.1) is 5.82 Å². The molecule has 1 aromatic heterocycles. The van der Waals surface area contributed by atoms with Gasteiger partial charge in [0.05, 0.1) is 11.1 Å². The lowest BCUT2D eigenvalue weighted by Crippen LogP contribution is -2.56. The first kappa shape index (κ1) is 26.9. The molecule has 3 aromatic rings. The number of piperazine rings is 1. The van der Waals surface area contributed by atoms with Gasteiger partial charge in [0.1, 0.15) is 18.0 Å². The predicted molar refractivity (Wildman–Crippen MR) is 157 cm³/mol. The number of amides is 1. The zero-order valence-electron chi connectivity index (χ0n) is 21.5. The Morgan fingerprint density at radius 1 is 1.18 bits per heavy atom. The van der Waals surface area contributed by atoms with Crippen molar-refractivity contribution in [3.63, 3.8) is 0 Å². The molecule has 2 fully saturated rings. The number of benzene rings is 2. The summed E-state index contributed by atoms with van der Waals surface area (Å²) in [6.07, 6.45) is 4.46. The predicted octanol–water partition coefficient (Wildman–Crippen LogP) is 4.83. The van der Waals surface area contributed by atoms with Crippen molar-refractivity contribution < 1.29 is 13.9 Å². The van der Waals surface area contributed by atoms with Crippen LogP contribution in [0.4, 0.5) is 21.6 Å². The third kappa shape index (κ3) is 5.40. The quantitative estimate of drug-likeness (QED) is 0.220. The van der Waals surface area contributed by atoms with E-state index in [1.165, 1.54) is 18.5 Å². The number of ether oxygens (including phenoxy) is 1. The van der Waals surface area contributed by atoms with Gasteiger partial charge in [0.15, 0.2) is 0 Å². The number of likely N-dealkylation sites (N-methyl/N-ethyl adjacent to an activating group) is 1. The molecule has 2 N–H and O–H groups in total. The largest absolute Gasteiger partial charge is 0.381 e. The van der Waals surface area contributed by atoms with E-state index >= 15 is 0 Å². The Bertz CT molecular complexity index is 1340. The van der Waals surface area contributed by atoms with Crippen molar-refractivity contribution in [2.24, 2.45) is 0 Å². The molecular formula is C28H32FIN6O2. The molecule has 8 nitrogen and oxygen atoms in total. The molecule has 0 bridgehead atoms. The van der Waals surface area contributed by atoms with Gasteiger partial charge in [-0.05, 0) is 67.4 Å². The number of carbonyl (C=O) groups excluding carboxylic acids is 1. The van der Waals surface area contributed by atoms with Gasteiger partial charge in [-0.2, -0.15) is 0 Å². The van der Waals surface area contributed by atoms with E-state index in [0.29, 0.717) is 34.7 Å². The lowest BCUT2D eigenvalue weighted by atomic mass is 9.79. The first-order valence-electron chi connectivity index (χ1n) is 12.8. The van der Waals surface area contributed by atoms with Crippen LogP contribution in [-0.2, 0) is 19.5 Å². The van der Waals surface area contributed by atoms with Crippen LogP contribution < -0.4 is 10.6 Å². The summed E-state index contributed by atoms with van der Waals surface area (Å²) in [6.45, 7) is 8.80. The number of nitrogens with one attached hydrogen (secondary N) is 2. The SMILES string of the molecule is C=CC(=O)Nc1cc2c(Nc3ccc(F)c(CI)c3)ncnc2cc1C1(N2CCN(C)CC2)CCOCC1. The number of nitrogens with zero attached hydrogens (tertiary/aromatic N) is 4. The summed E-state index contributed by atoms with van der Waals surface area (Å²) in [5, 5.41) is 7.16. The Labute approximate surface area is 235 Å². The topological polar surface area (TPSA) is 82.6 Å². The summed E-state index contributed by atoms with van der Waals surface area (Å²) in [7, 11) is 2.15. The van der Waals surface area contributed by atoms with Gasteiger partial charge < -0.3 is 20.3 Å². The third-order valence-corrected chi connectivity index (χ3v) is 8.42. The minimum atomic E-state index is -0.290. The molecule has 0 spiro atoms. The highest BCUT2D eigenvalue weighted by Gasteiger charge is 2.43. The van der Waals surface area contributed by atoms with Gasteiger partial charge >= 0.3 is 0 Å². The second-order valence-electron chi connectivity index (χ2n) is 9.83. The third-order valence-electron chi connectivity index (χ3n) is 7.60. The standard InChI is InChI=1S/C28H32FIN6O2/c1-3-26(37)34-25-15-21-24(31-18-32-27(21)33-20-4-5-23(29)19(14-20)17-30)16-22(25)28(6-12-38-13-7-28)36-10-8-35(2)9-11-36/h3-5,14-16,18H,1,6-13,17H2,2H3,(H,34,37)(H,31,32,33). The van der Waals surface area contributed by atoms with Crippen molar-refractivity contribution in [2.45, 2.75) is 22.8 Å². The number of hydrogen-bond acceptors (Lipinski definition) is 7. The van der Waals surface area contributed by atoms with Gasteiger partial charge in [-0.25, -0.2) is 14.4 Å². The van der Waals surface area contributed by atoms with E-state index < -0.39 is 0 Å². The van der Waals surface area contributed by atoms with Gasteiger partial charge in [0.2, 0.25) is 5.91 Å². The number of aromatic nitrogens is 2. The van der Waals surface area contributed by atoms with Crippen molar-refractivity contribution >= 4 is 56.6 Å². The van der Waals surface area contributed by atoms with Gasteiger partial charge in [-0.15, -0.1) is 0 Å². The van der Waals surface area contributed by atoms with Crippen molar-refractivity contribution in [2.75, 3.05) is 57.1 Å². The molecule has 10 heteroatoms. The van der Waals surface area contributed by atoms with Crippen LogP contribution >= 0.6 is 22.6 Å². The number of halogens is 2. The zero-order valence-corrected chi connectivity index (χ0v) is 23.6. The Morgan fingerprint density at radius 2 is 1.95 bits per heavy atom. The summed E-state index contributed by atoms with van der Waals surface area (Å²) in [4.78, 5) is 26.6. The molecule has 0 aliphatic carbocycles. The molecule has 3 heterocycles. The summed E-state index contributed by atoms with van der Waals surface area (Å²) in [5.74, 6) is 0.0762. The number of anilines is 3. The fourth-order valence-electron chi connectivity index (χ4n) is 5.47. The van der Waals surface area contributed by atoms with Crippen molar-refractivity contribution in [1.82, 2.24) is 19.8 Å². The van der Waals surface area contributed by atoms with Crippen LogP contribution in [0.1, 0.15) is 24.0 Å². The minimum absolute atomic E-state index is 0.234. The van der Waals surface area contributed by atoms with Gasteiger partial charge in [-0.1, -0.05) is 29.2 Å². The van der Waals surface area contributed by atoms with E-state index in [9.17, 15) is 9.18 Å². The Morgan fingerprint density at radius 3 is 2.66 bits per heavy atom. The normalized spacial score (nSPS) is 18.3. The maximum absolute atomic E-state index is 14.1. The Kier molecular flexibility index (Phi) is 8.22. The maximum atomic E-state index is 14.1. The molecule has 0 atom stereocenters. The number of alkyl halides is 1. The number of fused-ring (bicyclic) bond motifs is 1. The molecule has 2 aliphatic heterocycles. The second-order valence-corrected chi connectivity index (χ2v) is 10.6. The summed E-state index contributed by atoms with van der Waals surface area (Å²) in [6, 6.07) is 8.97. The molecule has 0 saturated carbocycles. The molecule has 5 rings (SSSR count). The molecular weight excluding hydrogens is 598 g/mol. The van der Waals surface area contributed by atoms with Gasteiger partial charge in [-0.3, -0.25) is 9.69 Å². The molecule has 0 unspecified atom stereocenters. The number of rotatable bonds is 7.